The normalized spacial score (nSPS) is 12.0. The van der Waals surface area contributed by atoms with E-state index >= 15 is 0 Å². The molecule has 0 radical (unpaired) electrons. The van der Waals surface area contributed by atoms with Crippen LogP contribution in [0.15, 0.2) is 47.2 Å². The molecule has 166 valence electrons. The largest absolute Gasteiger partial charge is 0.341 e. The number of urea groups is 1. The second-order valence-electron chi connectivity index (χ2n) is 7.18. The van der Waals surface area contributed by atoms with E-state index in [9.17, 15) is 13.6 Å². The third kappa shape index (κ3) is 6.13. The van der Waals surface area contributed by atoms with Crippen molar-refractivity contribution in [1.82, 2.24) is 14.6 Å². The van der Waals surface area contributed by atoms with Crippen molar-refractivity contribution in [3.8, 4) is 11.3 Å². The Morgan fingerprint density at radius 3 is 2.52 bits per heavy atom. The lowest BCUT2D eigenvalue weighted by atomic mass is 10.0. The number of aromatic nitrogens is 1. The van der Waals surface area contributed by atoms with Gasteiger partial charge in [-0.2, -0.15) is 0 Å². The second-order valence-corrected chi connectivity index (χ2v) is 9.95. The van der Waals surface area contributed by atoms with Gasteiger partial charge in [0.05, 0.1) is 18.8 Å². The molecule has 0 aliphatic rings. The average Bonchev–Trinajstić information content (AvgIpc) is 3.45. The smallest absolute Gasteiger partial charge is 0.330 e. The van der Waals surface area contributed by atoms with Crippen molar-refractivity contribution in [1.29, 1.82) is 0 Å². The molecule has 1 atom stereocenters. The van der Waals surface area contributed by atoms with E-state index in [2.05, 4.69) is 43.4 Å². The van der Waals surface area contributed by atoms with Crippen LogP contribution in [0, 0.1) is 0 Å². The molecule has 2 heterocycles. The lowest BCUT2D eigenvalue weighted by molar-refractivity contribution is 0.225. The maximum absolute atomic E-state index is 11.9. The fourth-order valence-corrected chi connectivity index (χ4v) is 5.05. The first-order valence-corrected chi connectivity index (χ1v) is 12.6. The topological polar surface area (TPSA) is 85.8 Å². The maximum Gasteiger partial charge on any atom is 0.330 e. The summed E-state index contributed by atoms with van der Waals surface area (Å²) in [5, 5.41) is 7.23. The molecule has 3 rings (SSSR count). The molecule has 2 aromatic heterocycles. The number of carbonyl (C=O) groups is 1. The van der Waals surface area contributed by atoms with Crippen molar-refractivity contribution in [2.75, 3.05) is 25.0 Å². The van der Waals surface area contributed by atoms with Gasteiger partial charge in [-0.25, -0.2) is 18.3 Å². The number of thiophene rings is 1. The standard InChI is InChI=1S/C21H26N4O3S3/c1-15(2)16-6-8-17(9-7-16)19-14-30-21(23-19)24(13-18-5-4-12-29-18)10-11-25(31(27)28)20(26)22-3/h4-9,12,14-15H,10-11,13H2,1-3H3,(H,22,26)(H,27,28). The van der Waals surface area contributed by atoms with Gasteiger partial charge in [0.1, 0.15) is 0 Å². The van der Waals surface area contributed by atoms with Gasteiger partial charge in [-0.3, -0.25) is 4.55 Å². The SMILES string of the molecule is CNC(=O)N(CCN(Cc1cccs1)c1nc(-c2ccc(C(C)C)cc2)cs1)S(=O)O. The quantitative estimate of drug-likeness (QED) is 0.432. The highest BCUT2D eigenvalue weighted by atomic mass is 32.2. The molecule has 0 aliphatic carbocycles. The molecule has 0 saturated heterocycles. The van der Waals surface area contributed by atoms with Crippen molar-refractivity contribution in [3.63, 3.8) is 0 Å². The molecule has 0 fully saturated rings. The monoisotopic (exact) mass is 478 g/mol. The number of benzene rings is 1. The summed E-state index contributed by atoms with van der Waals surface area (Å²) in [4.78, 5) is 19.9. The Morgan fingerprint density at radius 2 is 1.94 bits per heavy atom. The molecule has 1 unspecified atom stereocenters. The van der Waals surface area contributed by atoms with E-state index in [1.807, 2.05) is 27.8 Å². The number of carbonyl (C=O) groups excluding carboxylic acids is 1. The molecule has 3 aromatic rings. The Balaban J connectivity index is 1.81. The number of hydrogen-bond donors (Lipinski definition) is 2. The van der Waals surface area contributed by atoms with Gasteiger partial charge in [0, 0.05) is 29.4 Å². The van der Waals surface area contributed by atoms with Crippen LogP contribution in [0.25, 0.3) is 11.3 Å². The van der Waals surface area contributed by atoms with Gasteiger partial charge in [-0.15, -0.1) is 22.7 Å². The van der Waals surface area contributed by atoms with E-state index in [4.69, 9.17) is 4.98 Å². The predicted octanol–water partition coefficient (Wildman–Crippen LogP) is 4.78. The van der Waals surface area contributed by atoms with Crippen LogP contribution >= 0.6 is 22.7 Å². The fraction of sp³-hybridized carbons (Fsp3) is 0.333. The highest BCUT2D eigenvalue weighted by Gasteiger charge is 2.21. The first kappa shape index (κ1) is 23.4. The molecule has 0 bridgehead atoms. The number of anilines is 1. The zero-order valence-corrected chi connectivity index (χ0v) is 20.1. The number of rotatable bonds is 9. The van der Waals surface area contributed by atoms with Gasteiger partial charge in [-0.1, -0.05) is 44.2 Å². The number of hydrogen-bond acceptors (Lipinski definition) is 6. The van der Waals surface area contributed by atoms with Crippen LogP contribution in [0.4, 0.5) is 9.93 Å². The highest BCUT2D eigenvalue weighted by Crippen LogP contribution is 2.30. The van der Waals surface area contributed by atoms with Gasteiger partial charge in [0.2, 0.25) is 0 Å². The molecule has 0 spiro atoms. The minimum atomic E-state index is -2.40. The van der Waals surface area contributed by atoms with E-state index in [1.54, 1.807) is 11.3 Å². The Kier molecular flexibility index (Phi) is 8.19. The van der Waals surface area contributed by atoms with E-state index in [0.29, 0.717) is 19.0 Å². The van der Waals surface area contributed by atoms with Gasteiger partial charge >= 0.3 is 6.03 Å². The van der Waals surface area contributed by atoms with Gasteiger partial charge in [0.25, 0.3) is 11.3 Å². The predicted molar refractivity (Wildman–Crippen MR) is 129 cm³/mol. The third-order valence-electron chi connectivity index (χ3n) is 4.76. The number of thiazole rings is 1. The van der Waals surface area contributed by atoms with Gasteiger partial charge in [0.15, 0.2) is 5.13 Å². The second kappa shape index (κ2) is 10.9. The first-order valence-electron chi connectivity index (χ1n) is 9.82. The molecule has 2 N–H and O–H groups in total. The Labute approximate surface area is 193 Å². The van der Waals surface area contributed by atoms with Gasteiger partial charge in [-0.05, 0) is 22.9 Å². The lowest BCUT2D eigenvalue weighted by Gasteiger charge is -2.24. The average molecular weight is 479 g/mol. The van der Waals surface area contributed by atoms with Crippen molar-refractivity contribution >= 4 is 45.1 Å². The summed E-state index contributed by atoms with van der Waals surface area (Å²) in [6.45, 7) is 5.40. The minimum absolute atomic E-state index is 0.0894. The number of nitrogens with zero attached hydrogens (tertiary/aromatic N) is 3. The number of amides is 2. The van der Waals surface area contributed by atoms with Crippen LogP contribution in [0.3, 0.4) is 0 Å². The van der Waals surface area contributed by atoms with E-state index in [1.165, 1.54) is 23.9 Å². The summed E-state index contributed by atoms with van der Waals surface area (Å²) in [6, 6.07) is 11.8. The Bertz CT molecular complexity index is 1000. The molecule has 31 heavy (non-hydrogen) atoms. The Morgan fingerprint density at radius 1 is 1.19 bits per heavy atom. The summed E-state index contributed by atoms with van der Waals surface area (Å²) in [6.07, 6.45) is 0. The number of nitrogens with one attached hydrogen (secondary N) is 1. The van der Waals surface area contributed by atoms with Gasteiger partial charge < -0.3 is 10.2 Å². The molecule has 7 nitrogen and oxygen atoms in total. The summed E-state index contributed by atoms with van der Waals surface area (Å²) in [7, 11) is 1.43. The fourth-order valence-electron chi connectivity index (χ4n) is 3.00. The van der Waals surface area contributed by atoms with E-state index < -0.39 is 17.3 Å². The van der Waals surface area contributed by atoms with Crippen molar-refractivity contribution in [2.24, 2.45) is 0 Å². The summed E-state index contributed by atoms with van der Waals surface area (Å²) >= 11 is 0.763. The zero-order valence-electron chi connectivity index (χ0n) is 17.6. The van der Waals surface area contributed by atoms with Crippen LogP contribution in [0.5, 0.6) is 0 Å². The summed E-state index contributed by atoms with van der Waals surface area (Å²) in [5.41, 5.74) is 3.22. The molecule has 10 heteroatoms. The molecule has 2 amide bonds. The van der Waals surface area contributed by atoms with Crippen LogP contribution in [-0.4, -0.2) is 44.2 Å². The molecule has 1 aromatic carbocycles. The highest BCUT2D eigenvalue weighted by molar-refractivity contribution is 7.77. The summed E-state index contributed by atoms with van der Waals surface area (Å²) in [5.74, 6) is 0.474. The molecular formula is C21H26N4O3S3. The van der Waals surface area contributed by atoms with Crippen molar-refractivity contribution < 1.29 is 13.6 Å². The molecular weight excluding hydrogens is 452 g/mol. The van der Waals surface area contributed by atoms with Crippen LogP contribution < -0.4 is 10.2 Å². The van der Waals surface area contributed by atoms with Crippen LogP contribution in [-0.2, 0) is 17.8 Å². The maximum atomic E-state index is 11.9. The van der Waals surface area contributed by atoms with Crippen LogP contribution in [0.2, 0.25) is 0 Å². The third-order valence-corrected chi connectivity index (χ3v) is 7.25. The molecule has 0 saturated carbocycles. The summed E-state index contributed by atoms with van der Waals surface area (Å²) < 4.78 is 21.9. The lowest BCUT2D eigenvalue weighted by Crippen LogP contribution is -2.43. The first-order chi connectivity index (χ1) is 14.9. The van der Waals surface area contributed by atoms with Crippen LogP contribution in [0.1, 0.15) is 30.2 Å². The minimum Gasteiger partial charge on any atom is -0.341 e. The van der Waals surface area contributed by atoms with E-state index in [0.717, 1.165) is 25.6 Å². The van der Waals surface area contributed by atoms with E-state index in [-0.39, 0.29) is 6.54 Å². The van der Waals surface area contributed by atoms with Crippen molar-refractivity contribution in [2.45, 2.75) is 26.3 Å². The molecule has 0 aliphatic heterocycles. The Hall–Kier alpha value is -2.27. The zero-order chi connectivity index (χ0) is 22.4. The van der Waals surface area contributed by atoms with Crippen molar-refractivity contribution in [3.05, 3.63) is 57.6 Å².